The second-order valence-electron chi connectivity index (χ2n) is 8.02. The molecule has 6 heteroatoms. The predicted molar refractivity (Wildman–Crippen MR) is 101 cm³/mol. The summed E-state index contributed by atoms with van der Waals surface area (Å²) in [4.78, 5) is 15.0. The van der Waals surface area contributed by atoms with Crippen LogP contribution < -0.4 is 4.90 Å². The first-order chi connectivity index (χ1) is 12.0. The third kappa shape index (κ3) is 3.01. The summed E-state index contributed by atoms with van der Waals surface area (Å²) in [6, 6.07) is 1.13. The molecule has 4 rings (SSSR count). The van der Waals surface area contributed by atoms with Gasteiger partial charge in [-0.2, -0.15) is 5.10 Å². The zero-order valence-electron chi connectivity index (χ0n) is 15.9. The maximum Gasteiger partial charge on any atom is 0.163 e. The number of aromatic nitrogens is 4. The molecule has 1 aliphatic carbocycles. The normalized spacial score (nSPS) is 23.2. The highest BCUT2D eigenvalue weighted by Crippen LogP contribution is 2.35. The van der Waals surface area contributed by atoms with Gasteiger partial charge in [-0.15, -0.1) is 0 Å². The van der Waals surface area contributed by atoms with Crippen LogP contribution in [0, 0.1) is 0 Å². The summed E-state index contributed by atoms with van der Waals surface area (Å²) in [6.07, 6.45) is 6.98. The highest BCUT2D eigenvalue weighted by Gasteiger charge is 2.29. The summed E-state index contributed by atoms with van der Waals surface area (Å²) >= 11 is 0. The van der Waals surface area contributed by atoms with Crippen molar-refractivity contribution in [1.82, 2.24) is 24.6 Å². The lowest BCUT2D eigenvalue weighted by Crippen LogP contribution is -2.54. The largest absolute Gasteiger partial charge is 0.353 e. The van der Waals surface area contributed by atoms with Gasteiger partial charge in [0, 0.05) is 44.7 Å². The summed E-state index contributed by atoms with van der Waals surface area (Å²) < 4.78 is 1.90. The van der Waals surface area contributed by atoms with Crippen molar-refractivity contribution in [3.63, 3.8) is 0 Å². The van der Waals surface area contributed by atoms with Crippen molar-refractivity contribution in [3.05, 3.63) is 12.0 Å². The van der Waals surface area contributed by atoms with Crippen molar-refractivity contribution in [2.75, 3.05) is 24.5 Å². The molecule has 0 unspecified atom stereocenters. The van der Waals surface area contributed by atoms with Gasteiger partial charge >= 0.3 is 0 Å². The van der Waals surface area contributed by atoms with Crippen LogP contribution in [0.1, 0.15) is 58.2 Å². The van der Waals surface area contributed by atoms with Crippen molar-refractivity contribution in [2.45, 2.75) is 64.5 Å². The Kier molecular flexibility index (Phi) is 4.40. The highest BCUT2D eigenvalue weighted by atomic mass is 15.3. The maximum absolute atomic E-state index is 5.07. The van der Waals surface area contributed by atoms with Crippen molar-refractivity contribution in [3.8, 4) is 0 Å². The molecule has 6 nitrogen and oxygen atoms in total. The Hall–Kier alpha value is -1.69. The summed E-state index contributed by atoms with van der Waals surface area (Å²) in [5.41, 5.74) is 0.978. The van der Waals surface area contributed by atoms with Gasteiger partial charge in [0.05, 0.1) is 11.6 Å². The molecule has 2 aromatic rings. The van der Waals surface area contributed by atoms with Crippen molar-refractivity contribution in [1.29, 1.82) is 0 Å². The molecular weight excluding hydrogens is 312 g/mol. The Labute approximate surface area is 150 Å². The smallest absolute Gasteiger partial charge is 0.163 e. The SMILES string of the molecule is CC(C)N1CCN(c2nc(C3CCCC3)nc3c2cnn3C)C[C@@H]1C. The molecule has 1 aliphatic heterocycles. The van der Waals surface area contributed by atoms with Crippen LogP contribution in [0.3, 0.4) is 0 Å². The van der Waals surface area contributed by atoms with E-state index in [4.69, 9.17) is 9.97 Å². The number of fused-ring (bicyclic) bond motifs is 1. The fourth-order valence-electron chi connectivity index (χ4n) is 4.56. The predicted octanol–water partition coefficient (Wildman–Crippen LogP) is 2.94. The van der Waals surface area contributed by atoms with E-state index in [9.17, 15) is 0 Å². The summed E-state index contributed by atoms with van der Waals surface area (Å²) in [7, 11) is 1.98. The van der Waals surface area contributed by atoms with E-state index in [1.807, 2.05) is 17.9 Å². The molecule has 0 N–H and O–H groups in total. The van der Waals surface area contributed by atoms with E-state index in [1.54, 1.807) is 0 Å². The third-order valence-corrected chi connectivity index (χ3v) is 5.95. The first kappa shape index (κ1) is 16.8. The van der Waals surface area contributed by atoms with E-state index in [0.717, 1.165) is 42.3 Å². The molecule has 2 aromatic heterocycles. The van der Waals surface area contributed by atoms with E-state index >= 15 is 0 Å². The van der Waals surface area contributed by atoms with E-state index in [2.05, 4.69) is 35.7 Å². The molecule has 3 heterocycles. The Balaban J connectivity index is 1.71. The topological polar surface area (TPSA) is 50.1 Å². The first-order valence-electron chi connectivity index (χ1n) is 9.75. The number of nitrogens with zero attached hydrogens (tertiary/aromatic N) is 6. The molecule has 2 fully saturated rings. The lowest BCUT2D eigenvalue weighted by molar-refractivity contribution is 0.148. The maximum atomic E-state index is 5.07. The molecule has 0 spiro atoms. The molecule has 136 valence electrons. The van der Waals surface area contributed by atoms with Gasteiger partial charge in [-0.3, -0.25) is 9.58 Å². The van der Waals surface area contributed by atoms with E-state index in [-0.39, 0.29) is 0 Å². The molecule has 25 heavy (non-hydrogen) atoms. The monoisotopic (exact) mass is 342 g/mol. The molecule has 1 saturated carbocycles. The standard InChI is InChI=1S/C19H30N6/c1-13(2)25-10-9-24(12-14(25)3)19-16-11-20-23(4)18(16)21-17(22-19)15-7-5-6-8-15/h11,13-15H,5-10,12H2,1-4H3/t14-/m0/s1. The second kappa shape index (κ2) is 6.56. The van der Waals surface area contributed by atoms with Gasteiger partial charge in [0.2, 0.25) is 0 Å². The van der Waals surface area contributed by atoms with Crippen molar-refractivity contribution >= 4 is 16.9 Å². The summed E-state index contributed by atoms with van der Waals surface area (Å²) in [6.45, 7) is 10.0. The number of aryl methyl sites for hydroxylation is 1. The van der Waals surface area contributed by atoms with Crippen molar-refractivity contribution < 1.29 is 0 Å². The zero-order chi connectivity index (χ0) is 17.6. The van der Waals surface area contributed by atoms with Gasteiger partial charge in [0.25, 0.3) is 0 Å². The molecule has 0 radical (unpaired) electrons. The lowest BCUT2D eigenvalue weighted by atomic mass is 10.1. The molecule has 0 aromatic carbocycles. The number of rotatable bonds is 3. The van der Waals surface area contributed by atoms with Gasteiger partial charge in [-0.1, -0.05) is 12.8 Å². The number of piperazine rings is 1. The van der Waals surface area contributed by atoms with Crippen LogP contribution in [0.5, 0.6) is 0 Å². The van der Waals surface area contributed by atoms with Crippen LogP contribution in [-0.2, 0) is 7.05 Å². The molecule has 0 bridgehead atoms. The summed E-state index contributed by atoms with van der Waals surface area (Å²) in [5, 5.41) is 5.55. The van der Waals surface area contributed by atoms with Gasteiger partial charge in [-0.25, -0.2) is 9.97 Å². The Morgan fingerprint density at radius 2 is 1.88 bits per heavy atom. The van der Waals surface area contributed by atoms with Crippen LogP contribution in [0.4, 0.5) is 5.82 Å². The number of hydrogen-bond donors (Lipinski definition) is 0. The molecular formula is C19H30N6. The summed E-state index contributed by atoms with van der Waals surface area (Å²) in [5.74, 6) is 2.64. The van der Waals surface area contributed by atoms with Gasteiger partial charge in [-0.05, 0) is 33.6 Å². The molecule has 1 saturated heterocycles. The Bertz CT molecular complexity index is 746. The average Bonchev–Trinajstić information content (AvgIpc) is 3.24. The average molecular weight is 342 g/mol. The van der Waals surface area contributed by atoms with Crippen LogP contribution in [0.15, 0.2) is 6.20 Å². The second-order valence-corrected chi connectivity index (χ2v) is 8.02. The van der Waals surface area contributed by atoms with E-state index in [0.29, 0.717) is 18.0 Å². The minimum Gasteiger partial charge on any atom is -0.353 e. The van der Waals surface area contributed by atoms with E-state index in [1.165, 1.54) is 25.7 Å². The quantitative estimate of drug-likeness (QED) is 0.858. The van der Waals surface area contributed by atoms with Crippen molar-refractivity contribution in [2.24, 2.45) is 7.05 Å². The fourth-order valence-corrected chi connectivity index (χ4v) is 4.56. The third-order valence-electron chi connectivity index (χ3n) is 5.95. The fraction of sp³-hybridized carbons (Fsp3) is 0.737. The number of anilines is 1. The Morgan fingerprint density at radius 1 is 1.12 bits per heavy atom. The zero-order valence-corrected chi connectivity index (χ0v) is 15.9. The van der Waals surface area contributed by atoms with Crippen LogP contribution in [0.25, 0.3) is 11.0 Å². The lowest BCUT2D eigenvalue weighted by Gasteiger charge is -2.42. The Morgan fingerprint density at radius 3 is 2.56 bits per heavy atom. The highest BCUT2D eigenvalue weighted by molar-refractivity contribution is 5.87. The number of hydrogen-bond acceptors (Lipinski definition) is 5. The van der Waals surface area contributed by atoms with E-state index < -0.39 is 0 Å². The van der Waals surface area contributed by atoms with Crippen LogP contribution in [-0.4, -0.2) is 56.4 Å². The van der Waals surface area contributed by atoms with Gasteiger partial charge in [0.15, 0.2) is 5.65 Å². The molecule has 2 aliphatic rings. The van der Waals surface area contributed by atoms with Gasteiger partial charge in [0.1, 0.15) is 11.6 Å². The van der Waals surface area contributed by atoms with Crippen LogP contribution >= 0.6 is 0 Å². The molecule has 0 amide bonds. The molecule has 1 atom stereocenters. The van der Waals surface area contributed by atoms with Crippen LogP contribution in [0.2, 0.25) is 0 Å². The van der Waals surface area contributed by atoms with Gasteiger partial charge < -0.3 is 4.90 Å². The minimum atomic E-state index is 0.521. The minimum absolute atomic E-state index is 0.521. The first-order valence-corrected chi connectivity index (χ1v) is 9.75.